The summed E-state index contributed by atoms with van der Waals surface area (Å²) < 4.78 is 18.3. The third-order valence-corrected chi connectivity index (χ3v) is 5.54. The molecule has 1 aromatic carbocycles. The predicted molar refractivity (Wildman–Crippen MR) is 82.1 cm³/mol. The smallest absolute Gasteiger partial charge is 0.261 e. The van der Waals surface area contributed by atoms with E-state index in [2.05, 4.69) is 6.26 Å². The van der Waals surface area contributed by atoms with E-state index in [-0.39, 0.29) is 18.3 Å². The van der Waals surface area contributed by atoms with Crippen LogP contribution in [0.5, 0.6) is 5.75 Å². The largest absolute Gasteiger partial charge is 0.484 e. The monoisotopic (exact) mass is 309 g/mol. The van der Waals surface area contributed by atoms with E-state index in [4.69, 9.17) is 4.74 Å². The van der Waals surface area contributed by atoms with Crippen LogP contribution in [-0.4, -0.2) is 41.0 Å². The van der Waals surface area contributed by atoms with Gasteiger partial charge in [-0.2, -0.15) is 11.8 Å². The molecule has 0 aromatic heterocycles. The number of amides is 1. The maximum Gasteiger partial charge on any atom is 0.261 e. The van der Waals surface area contributed by atoms with Gasteiger partial charge in [0.1, 0.15) is 11.6 Å². The molecule has 1 aromatic rings. The van der Waals surface area contributed by atoms with Crippen LogP contribution in [0.4, 0.5) is 4.39 Å². The fraction of sp³-hybridized carbons (Fsp3) is 0.562. The molecule has 2 atom stereocenters. The van der Waals surface area contributed by atoms with Crippen molar-refractivity contribution in [2.24, 2.45) is 0 Å². The van der Waals surface area contributed by atoms with Gasteiger partial charge in [-0.3, -0.25) is 4.79 Å². The molecule has 21 heavy (non-hydrogen) atoms. The number of rotatable bonds is 4. The number of hydrogen-bond acceptors (Lipinski definition) is 3. The Bertz CT molecular complexity index is 494. The molecule has 0 radical (unpaired) electrons. The topological polar surface area (TPSA) is 29.5 Å². The van der Waals surface area contributed by atoms with E-state index in [1.54, 1.807) is 12.1 Å². The van der Waals surface area contributed by atoms with Gasteiger partial charge in [0.05, 0.1) is 0 Å². The Labute approximate surface area is 128 Å². The molecule has 3 rings (SSSR count). The second kappa shape index (κ2) is 6.26. The number of carbonyl (C=O) groups is 1. The van der Waals surface area contributed by atoms with Crippen molar-refractivity contribution in [2.45, 2.75) is 43.0 Å². The summed E-state index contributed by atoms with van der Waals surface area (Å²) in [7, 11) is 0. The van der Waals surface area contributed by atoms with Crippen molar-refractivity contribution in [1.29, 1.82) is 0 Å². The molecule has 2 aliphatic heterocycles. The van der Waals surface area contributed by atoms with E-state index in [0.29, 0.717) is 23.1 Å². The number of piperidine rings is 1. The average Bonchev–Trinajstić information content (AvgIpc) is 2.77. The molecular weight excluding hydrogens is 289 g/mol. The number of hydrogen-bond donors (Lipinski definition) is 0. The highest BCUT2D eigenvalue weighted by atomic mass is 32.2. The van der Waals surface area contributed by atoms with Crippen LogP contribution in [0.15, 0.2) is 24.3 Å². The standard InChI is InChI=1S/C16H20FNO2S/c1-21-15-8-12-4-5-13(9-15)18(12)16(19)10-20-14-6-2-11(17)3-7-14/h2-3,6-7,12-13,15H,4-5,8-10H2,1H3. The second-order valence-electron chi connectivity index (χ2n) is 5.76. The molecule has 0 N–H and O–H groups in total. The van der Waals surface area contributed by atoms with Crippen LogP contribution in [0.2, 0.25) is 0 Å². The van der Waals surface area contributed by atoms with E-state index in [1.807, 2.05) is 16.7 Å². The molecule has 2 fully saturated rings. The summed E-state index contributed by atoms with van der Waals surface area (Å²) in [5.41, 5.74) is 0. The molecule has 2 bridgehead atoms. The lowest BCUT2D eigenvalue weighted by molar-refractivity contribution is -0.137. The summed E-state index contributed by atoms with van der Waals surface area (Å²) in [5.74, 6) is 0.299. The van der Waals surface area contributed by atoms with Gasteiger partial charge in [0, 0.05) is 17.3 Å². The molecule has 114 valence electrons. The highest BCUT2D eigenvalue weighted by Gasteiger charge is 2.42. The van der Waals surface area contributed by atoms with Crippen LogP contribution in [0.25, 0.3) is 0 Å². The molecule has 2 aliphatic rings. The first-order valence-electron chi connectivity index (χ1n) is 7.39. The molecular formula is C16H20FNO2S. The summed E-state index contributed by atoms with van der Waals surface area (Å²) in [5, 5.41) is 0.685. The number of nitrogens with zero attached hydrogens (tertiary/aromatic N) is 1. The Morgan fingerprint density at radius 3 is 2.48 bits per heavy atom. The fourth-order valence-corrected chi connectivity index (χ4v) is 4.31. The van der Waals surface area contributed by atoms with Crippen LogP contribution in [-0.2, 0) is 4.79 Å². The van der Waals surface area contributed by atoms with E-state index < -0.39 is 0 Å². The Morgan fingerprint density at radius 2 is 1.90 bits per heavy atom. The van der Waals surface area contributed by atoms with Crippen LogP contribution in [0, 0.1) is 5.82 Å². The summed E-state index contributed by atoms with van der Waals surface area (Å²) in [6, 6.07) is 6.55. The molecule has 2 heterocycles. The lowest BCUT2D eigenvalue weighted by Crippen LogP contribution is -2.49. The van der Waals surface area contributed by atoms with Crippen molar-refractivity contribution in [3.63, 3.8) is 0 Å². The van der Waals surface area contributed by atoms with Gasteiger partial charge in [-0.15, -0.1) is 0 Å². The quantitative estimate of drug-likeness (QED) is 0.856. The zero-order valence-corrected chi connectivity index (χ0v) is 12.9. The lowest BCUT2D eigenvalue weighted by Gasteiger charge is -2.38. The molecule has 0 saturated carbocycles. The zero-order valence-electron chi connectivity index (χ0n) is 12.1. The van der Waals surface area contributed by atoms with Crippen LogP contribution < -0.4 is 4.74 Å². The first-order chi connectivity index (χ1) is 10.2. The molecule has 0 aliphatic carbocycles. The normalized spacial score (nSPS) is 27.7. The number of thioether (sulfide) groups is 1. The average molecular weight is 309 g/mol. The number of fused-ring (bicyclic) bond motifs is 2. The van der Waals surface area contributed by atoms with E-state index >= 15 is 0 Å². The van der Waals surface area contributed by atoms with Crippen molar-refractivity contribution in [3.05, 3.63) is 30.1 Å². The van der Waals surface area contributed by atoms with Gasteiger partial charge in [-0.05, 0) is 56.2 Å². The first kappa shape index (κ1) is 14.7. The van der Waals surface area contributed by atoms with Crippen LogP contribution >= 0.6 is 11.8 Å². The fourth-order valence-electron chi connectivity index (χ4n) is 3.48. The molecule has 1 amide bonds. The maximum absolute atomic E-state index is 12.8. The van der Waals surface area contributed by atoms with Crippen molar-refractivity contribution < 1.29 is 13.9 Å². The summed E-state index contributed by atoms with van der Waals surface area (Å²) in [6.07, 6.45) is 6.58. The lowest BCUT2D eigenvalue weighted by atomic mass is 10.0. The molecule has 0 spiro atoms. The van der Waals surface area contributed by atoms with Gasteiger partial charge in [-0.25, -0.2) is 4.39 Å². The summed E-state index contributed by atoms with van der Waals surface area (Å²) in [6.45, 7) is 0.0442. The van der Waals surface area contributed by atoms with E-state index in [9.17, 15) is 9.18 Å². The number of ether oxygens (including phenoxy) is 1. The Morgan fingerprint density at radius 1 is 1.29 bits per heavy atom. The highest BCUT2D eigenvalue weighted by molar-refractivity contribution is 7.99. The zero-order chi connectivity index (χ0) is 14.8. The Balaban J connectivity index is 1.57. The molecule has 5 heteroatoms. The SMILES string of the molecule is CSC1CC2CCC(C1)N2C(=O)COc1ccc(F)cc1. The van der Waals surface area contributed by atoms with Crippen molar-refractivity contribution in [1.82, 2.24) is 4.90 Å². The minimum atomic E-state index is -0.300. The first-order valence-corrected chi connectivity index (χ1v) is 8.68. The van der Waals surface area contributed by atoms with Gasteiger partial charge in [0.2, 0.25) is 0 Å². The van der Waals surface area contributed by atoms with E-state index in [0.717, 1.165) is 25.7 Å². The molecule has 2 unspecified atom stereocenters. The van der Waals surface area contributed by atoms with Gasteiger partial charge in [0.15, 0.2) is 6.61 Å². The van der Waals surface area contributed by atoms with E-state index in [1.165, 1.54) is 12.1 Å². The van der Waals surface area contributed by atoms with Crippen LogP contribution in [0.3, 0.4) is 0 Å². The maximum atomic E-state index is 12.8. The minimum absolute atomic E-state index is 0.0442. The highest BCUT2D eigenvalue weighted by Crippen LogP contribution is 2.39. The number of carbonyl (C=O) groups excluding carboxylic acids is 1. The summed E-state index contributed by atoms with van der Waals surface area (Å²) >= 11 is 1.91. The van der Waals surface area contributed by atoms with Gasteiger partial charge >= 0.3 is 0 Å². The van der Waals surface area contributed by atoms with Crippen LogP contribution in [0.1, 0.15) is 25.7 Å². The van der Waals surface area contributed by atoms with Crippen molar-refractivity contribution in [2.75, 3.05) is 12.9 Å². The third kappa shape index (κ3) is 3.18. The minimum Gasteiger partial charge on any atom is -0.484 e. The predicted octanol–water partition coefficient (Wildman–Crippen LogP) is 3.09. The molecule has 2 saturated heterocycles. The van der Waals surface area contributed by atoms with Crippen molar-refractivity contribution in [3.8, 4) is 5.75 Å². The third-order valence-electron chi connectivity index (χ3n) is 4.49. The molecule has 3 nitrogen and oxygen atoms in total. The summed E-state index contributed by atoms with van der Waals surface area (Å²) in [4.78, 5) is 14.5. The number of benzene rings is 1. The van der Waals surface area contributed by atoms with Crippen molar-refractivity contribution >= 4 is 17.7 Å². The van der Waals surface area contributed by atoms with Gasteiger partial charge < -0.3 is 9.64 Å². The van der Waals surface area contributed by atoms with Gasteiger partial charge in [-0.1, -0.05) is 0 Å². The van der Waals surface area contributed by atoms with Gasteiger partial charge in [0.25, 0.3) is 5.91 Å². The Kier molecular flexibility index (Phi) is 4.38. The second-order valence-corrected chi connectivity index (χ2v) is 6.90. The number of halogens is 1. The Hall–Kier alpha value is -1.23.